The summed E-state index contributed by atoms with van der Waals surface area (Å²) < 4.78 is 11.0. The van der Waals surface area contributed by atoms with Gasteiger partial charge in [0.15, 0.2) is 5.78 Å². The molecule has 0 aromatic carbocycles. The first kappa shape index (κ1) is 38.1. The maximum absolute atomic E-state index is 13.1. The largest absolute Gasteiger partial charge is 0.466 e. The zero-order valence-electron chi connectivity index (χ0n) is 26.3. The van der Waals surface area contributed by atoms with Crippen LogP contribution in [0.3, 0.4) is 0 Å². The van der Waals surface area contributed by atoms with E-state index in [1.165, 1.54) is 0 Å². The molecule has 5 atom stereocenters. The summed E-state index contributed by atoms with van der Waals surface area (Å²) in [5.74, 6) is -1.41. The van der Waals surface area contributed by atoms with Gasteiger partial charge in [-0.25, -0.2) is 0 Å². The van der Waals surface area contributed by atoms with E-state index < -0.39 is 17.9 Å². The molecule has 1 rings (SSSR count). The van der Waals surface area contributed by atoms with Gasteiger partial charge in [-0.15, -0.1) is 0 Å². The fourth-order valence-electron chi connectivity index (χ4n) is 5.37. The van der Waals surface area contributed by atoms with Crippen LogP contribution in [0, 0.1) is 23.7 Å². The molecule has 9 nitrogen and oxygen atoms in total. The number of ether oxygens (including phenoxy) is 2. The van der Waals surface area contributed by atoms with E-state index in [1.807, 2.05) is 0 Å². The lowest BCUT2D eigenvalue weighted by molar-refractivity contribution is -0.144. The van der Waals surface area contributed by atoms with E-state index in [-0.39, 0.29) is 80.8 Å². The maximum atomic E-state index is 13.1. The fraction of sp³-hybridized carbons (Fsp3) is 0.848. The molecule has 0 aromatic heterocycles. The fourth-order valence-corrected chi connectivity index (χ4v) is 5.37. The highest BCUT2D eigenvalue weighted by Crippen LogP contribution is 2.26. The number of Topliss-reactive ketones (excluding diaryl/α,β-unsaturated/α-hetero) is 4. The lowest BCUT2D eigenvalue weighted by atomic mass is 9.84. The van der Waals surface area contributed by atoms with Crippen molar-refractivity contribution >= 4 is 29.1 Å². The number of carbonyl (C=O) groups is 5. The molecule has 0 heterocycles. The van der Waals surface area contributed by atoms with Crippen molar-refractivity contribution in [2.24, 2.45) is 23.7 Å². The standard InChI is InChI=1S/C33H56O9/c1-24(9-7-19-34)17-21-41-26(3)29(36)16-15-27-23-32(39)28(31(38)13-6-12-30(27)37)11-4-5-14-33(40)42-22-18-25(2)10-8-20-35/h24-28,34-35H,4-23H2,1-3H3. The number of hydrogen-bond acceptors (Lipinski definition) is 9. The van der Waals surface area contributed by atoms with Crippen molar-refractivity contribution in [1.29, 1.82) is 0 Å². The summed E-state index contributed by atoms with van der Waals surface area (Å²) in [6.07, 6.45) is 7.08. The minimum atomic E-state index is -0.771. The smallest absolute Gasteiger partial charge is 0.305 e. The van der Waals surface area contributed by atoms with E-state index in [9.17, 15) is 24.0 Å². The minimum Gasteiger partial charge on any atom is -0.466 e. The van der Waals surface area contributed by atoms with Gasteiger partial charge in [0.25, 0.3) is 0 Å². The number of aliphatic hydroxyl groups is 2. The third kappa shape index (κ3) is 16.6. The quantitative estimate of drug-likeness (QED) is 0.101. The van der Waals surface area contributed by atoms with E-state index >= 15 is 0 Å². The second-order valence-corrected chi connectivity index (χ2v) is 12.2. The Hall–Kier alpha value is -1.97. The van der Waals surface area contributed by atoms with Gasteiger partial charge < -0.3 is 19.7 Å². The molecule has 242 valence electrons. The molecule has 0 saturated heterocycles. The molecule has 0 aliphatic heterocycles. The molecule has 1 fully saturated rings. The zero-order chi connectivity index (χ0) is 31.3. The van der Waals surface area contributed by atoms with Crippen molar-refractivity contribution in [2.75, 3.05) is 26.4 Å². The Kier molecular flexibility index (Phi) is 20.4. The van der Waals surface area contributed by atoms with Crippen LogP contribution in [0.25, 0.3) is 0 Å². The van der Waals surface area contributed by atoms with E-state index in [1.54, 1.807) is 6.92 Å². The Morgan fingerprint density at radius 1 is 0.762 bits per heavy atom. The van der Waals surface area contributed by atoms with Gasteiger partial charge in [-0.3, -0.25) is 24.0 Å². The molecule has 42 heavy (non-hydrogen) atoms. The molecular formula is C33H56O9. The normalized spacial score (nSPS) is 20.4. The maximum Gasteiger partial charge on any atom is 0.305 e. The molecular weight excluding hydrogens is 540 g/mol. The van der Waals surface area contributed by atoms with Crippen molar-refractivity contribution in [1.82, 2.24) is 0 Å². The molecule has 9 heteroatoms. The van der Waals surface area contributed by atoms with E-state index in [0.717, 1.165) is 38.5 Å². The topological polar surface area (TPSA) is 144 Å². The van der Waals surface area contributed by atoms with Crippen molar-refractivity contribution < 1.29 is 43.7 Å². The van der Waals surface area contributed by atoms with Crippen molar-refractivity contribution in [2.45, 2.75) is 130 Å². The Morgan fingerprint density at radius 2 is 1.38 bits per heavy atom. The first-order chi connectivity index (χ1) is 20.1. The highest BCUT2D eigenvalue weighted by molar-refractivity contribution is 6.04. The van der Waals surface area contributed by atoms with Crippen molar-refractivity contribution in [3.63, 3.8) is 0 Å². The number of ketones is 4. The van der Waals surface area contributed by atoms with Gasteiger partial charge in [0, 0.05) is 57.8 Å². The molecule has 0 amide bonds. The number of unbranched alkanes of at least 4 members (excludes halogenated alkanes) is 1. The average molecular weight is 597 g/mol. The third-order valence-electron chi connectivity index (χ3n) is 8.41. The van der Waals surface area contributed by atoms with Gasteiger partial charge in [-0.1, -0.05) is 20.3 Å². The van der Waals surface area contributed by atoms with Crippen LogP contribution < -0.4 is 0 Å². The molecule has 0 aromatic rings. The SMILES string of the molecule is CC(CCCO)CCOC(=O)CCCCC1C(=O)CCCC(=O)C(CCC(=O)C(C)OCCC(C)CCCO)CC1=O. The van der Waals surface area contributed by atoms with Crippen LogP contribution in [0.2, 0.25) is 0 Å². The lowest BCUT2D eigenvalue weighted by Crippen LogP contribution is -2.28. The van der Waals surface area contributed by atoms with E-state index in [2.05, 4.69) is 13.8 Å². The van der Waals surface area contributed by atoms with Crippen LogP contribution in [0.15, 0.2) is 0 Å². The first-order valence-corrected chi connectivity index (χ1v) is 16.2. The molecule has 0 radical (unpaired) electrons. The second kappa shape index (κ2) is 22.6. The Labute approximate surface area is 252 Å². The number of carbonyl (C=O) groups excluding carboxylic acids is 5. The summed E-state index contributed by atoms with van der Waals surface area (Å²) in [6.45, 7) is 6.98. The van der Waals surface area contributed by atoms with Gasteiger partial charge >= 0.3 is 5.97 Å². The number of rotatable bonds is 22. The van der Waals surface area contributed by atoms with Crippen LogP contribution in [-0.4, -0.2) is 71.8 Å². The molecule has 1 aliphatic carbocycles. The summed E-state index contributed by atoms with van der Waals surface area (Å²) in [6, 6.07) is 0. The minimum absolute atomic E-state index is 0.0311. The summed E-state index contributed by atoms with van der Waals surface area (Å²) in [5.41, 5.74) is 0. The zero-order valence-corrected chi connectivity index (χ0v) is 26.3. The Morgan fingerprint density at radius 3 is 2.02 bits per heavy atom. The van der Waals surface area contributed by atoms with Crippen LogP contribution >= 0.6 is 0 Å². The van der Waals surface area contributed by atoms with Gasteiger partial charge in [0.2, 0.25) is 0 Å². The van der Waals surface area contributed by atoms with Gasteiger partial charge in [-0.2, -0.15) is 0 Å². The van der Waals surface area contributed by atoms with Crippen LogP contribution in [0.4, 0.5) is 0 Å². The molecule has 1 saturated carbocycles. The lowest BCUT2D eigenvalue weighted by Gasteiger charge is -2.19. The van der Waals surface area contributed by atoms with Crippen molar-refractivity contribution in [3.05, 3.63) is 0 Å². The van der Waals surface area contributed by atoms with Crippen LogP contribution in [-0.2, 0) is 33.4 Å². The molecule has 1 aliphatic rings. The predicted octanol–water partition coefficient (Wildman–Crippen LogP) is 4.96. The summed E-state index contributed by atoms with van der Waals surface area (Å²) in [5, 5.41) is 17.8. The first-order valence-electron chi connectivity index (χ1n) is 16.2. The molecule has 5 unspecified atom stereocenters. The van der Waals surface area contributed by atoms with Gasteiger partial charge in [0.1, 0.15) is 23.5 Å². The van der Waals surface area contributed by atoms with E-state index in [4.69, 9.17) is 19.7 Å². The summed E-state index contributed by atoms with van der Waals surface area (Å²) >= 11 is 0. The van der Waals surface area contributed by atoms with Crippen molar-refractivity contribution in [3.8, 4) is 0 Å². The van der Waals surface area contributed by atoms with Gasteiger partial charge in [-0.05, 0) is 83.0 Å². The van der Waals surface area contributed by atoms with Crippen LogP contribution in [0.1, 0.15) is 124 Å². The van der Waals surface area contributed by atoms with Gasteiger partial charge in [0.05, 0.1) is 12.5 Å². The Bertz CT molecular complexity index is 824. The molecule has 0 spiro atoms. The Balaban J connectivity index is 2.48. The molecule has 2 N–H and O–H groups in total. The summed E-state index contributed by atoms with van der Waals surface area (Å²) in [4.78, 5) is 63.5. The molecule has 0 bridgehead atoms. The predicted molar refractivity (Wildman–Crippen MR) is 160 cm³/mol. The highest BCUT2D eigenvalue weighted by Gasteiger charge is 2.32. The van der Waals surface area contributed by atoms with E-state index in [0.29, 0.717) is 50.7 Å². The average Bonchev–Trinajstić information content (AvgIpc) is 3.00. The monoisotopic (exact) mass is 596 g/mol. The number of hydrogen-bond donors (Lipinski definition) is 2. The summed E-state index contributed by atoms with van der Waals surface area (Å²) in [7, 11) is 0. The third-order valence-corrected chi connectivity index (χ3v) is 8.41. The highest BCUT2D eigenvalue weighted by atomic mass is 16.5. The second-order valence-electron chi connectivity index (χ2n) is 12.2. The number of esters is 1. The van der Waals surface area contributed by atoms with Crippen LogP contribution in [0.5, 0.6) is 0 Å². The number of aliphatic hydroxyl groups excluding tert-OH is 2.